The molecule has 1 atom stereocenters. The summed E-state index contributed by atoms with van der Waals surface area (Å²) < 4.78 is 25.9. The monoisotopic (exact) mass is 353 g/mol. The van der Waals surface area contributed by atoms with Gasteiger partial charge in [0.25, 0.3) is 0 Å². The minimum absolute atomic E-state index is 0.0102. The summed E-state index contributed by atoms with van der Waals surface area (Å²) in [6.07, 6.45) is 0. The molecule has 0 aliphatic carbocycles. The Labute approximate surface area is 142 Å². The number of likely N-dealkylation sites (N-methyl/N-ethyl adjacent to an activating group) is 1. The number of carbonyl (C=O) groups is 2. The van der Waals surface area contributed by atoms with Gasteiger partial charge in [0.05, 0.1) is 6.04 Å². The summed E-state index contributed by atoms with van der Waals surface area (Å²) in [7, 11) is 3.74. The zero-order valence-electron chi connectivity index (χ0n) is 13.2. The smallest absolute Gasteiger partial charge is 0.313 e. The third-order valence-corrected chi connectivity index (χ3v) is 4.09. The number of rotatable bonds is 5. The summed E-state index contributed by atoms with van der Waals surface area (Å²) in [5, 5.41) is 8.68. The van der Waals surface area contributed by atoms with Crippen molar-refractivity contribution in [3.8, 4) is 0 Å². The van der Waals surface area contributed by atoms with E-state index in [-0.39, 0.29) is 18.3 Å². The fraction of sp³-hybridized carbons (Fsp3) is 0.250. The Balaban J connectivity index is 1.93. The Hall–Kier alpha value is -2.32. The van der Waals surface area contributed by atoms with Crippen LogP contribution in [0.5, 0.6) is 0 Å². The van der Waals surface area contributed by atoms with Gasteiger partial charge in [-0.25, -0.2) is 8.78 Å². The highest BCUT2D eigenvalue weighted by atomic mass is 32.1. The lowest BCUT2D eigenvalue weighted by molar-refractivity contribution is -0.136. The molecule has 0 saturated carbocycles. The Morgan fingerprint density at radius 1 is 1.17 bits per heavy atom. The van der Waals surface area contributed by atoms with Crippen molar-refractivity contribution in [3.05, 3.63) is 52.2 Å². The number of benzene rings is 1. The van der Waals surface area contributed by atoms with E-state index >= 15 is 0 Å². The highest BCUT2D eigenvalue weighted by Crippen LogP contribution is 2.20. The lowest BCUT2D eigenvalue weighted by atomic mass is 10.1. The molecule has 1 aromatic carbocycles. The van der Waals surface area contributed by atoms with E-state index in [4.69, 9.17) is 0 Å². The summed E-state index contributed by atoms with van der Waals surface area (Å²) in [5.41, 5.74) is 1.04. The summed E-state index contributed by atoms with van der Waals surface area (Å²) in [5.74, 6) is -3.91. The lowest BCUT2D eigenvalue weighted by Gasteiger charge is -2.23. The third-order valence-electron chi connectivity index (χ3n) is 3.39. The Bertz CT molecular complexity index is 720. The number of thiophene rings is 1. The van der Waals surface area contributed by atoms with Gasteiger partial charge in [-0.3, -0.25) is 9.59 Å². The molecule has 0 aliphatic heterocycles. The predicted octanol–water partition coefficient (Wildman–Crippen LogP) is 2.38. The van der Waals surface area contributed by atoms with Gasteiger partial charge in [-0.15, -0.1) is 0 Å². The maximum Gasteiger partial charge on any atom is 0.313 e. The number of amides is 2. The van der Waals surface area contributed by atoms with Crippen molar-refractivity contribution in [1.82, 2.24) is 10.2 Å². The predicted molar refractivity (Wildman–Crippen MR) is 88.7 cm³/mol. The van der Waals surface area contributed by atoms with Crippen LogP contribution in [0.15, 0.2) is 35.0 Å². The van der Waals surface area contributed by atoms with Crippen LogP contribution in [-0.4, -0.2) is 37.4 Å². The first kappa shape index (κ1) is 18.0. The van der Waals surface area contributed by atoms with Gasteiger partial charge in [-0.1, -0.05) is 0 Å². The quantitative estimate of drug-likeness (QED) is 0.812. The first-order valence-electron chi connectivity index (χ1n) is 7.11. The fourth-order valence-electron chi connectivity index (χ4n) is 2.09. The van der Waals surface area contributed by atoms with Crippen LogP contribution in [0, 0.1) is 11.6 Å². The summed E-state index contributed by atoms with van der Waals surface area (Å²) in [6, 6.07) is 4.74. The zero-order valence-corrected chi connectivity index (χ0v) is 14.0. The molecule has 0 radical (unpaired) electrons. The maximum absolute atomic E-state index is 13.1. The van der Waals surface area contributed by atoms with Crippen LogP contribution in [0.25, 0.3) is 0 Å². The van der Waals surface area contributed by atoms with Crippen LogP contribution < -0.4 is 10.6 Å². The average Bonchev–Trinajstić information content (AvgIpc) is 3.04. The molecule has 1 heterocycles. The molecule has 2 amide bonds. The van der Waals surface area contributed by atoms with Crippen molar-refractivity contribution in [3.63, 3.8) is 0 Å². The van der Waals surface area contributed by atoms with E-state index in [1.807, 2.05) is 35.8 Å². The van der Waals surface area contributed by atoms with Gasteiger partial charge < -0.3 is 15.5 Å². The van der Waals surface area contributed by atoms with Crippen molar-refractivity contribution in [2.75, 3.05) is 26.0 Å². The van der Waals surface area contributed by atoms with Crippen LogP contribution in [0.1, 0.15) is 11.6 Å². The standard InChI is InChI=1S/C16H17F2N3O2S/c1-21(2)14(10-5-6-24-9-10)8-19-15(22)16(23)20-11-3-4-12(17)13(18)7-11/h3-7,9,14H,8H2,1-2H3,(H,19,22)(H,20,23)/t14-/m1/s1. The fourth-order valence-corrected chi connectivity index (χ4v) is 2.80. The zero-order chi connectivity index (χ0) is 17.7. The molecule has 128 valence electrons. The second-order valence-corrected chi connectivity index (χ2v) is 6.11. The van der Waals surface area contributed by atoms with E-state index in [0.717, 1.165) is 17.7 Å². The van der Waals surface area contributed by atoms with Crippen molar-refractivity contribution >= 4 is 28.8 Å². The van der Waals surface area contributed by atoms with Crippen LogP contribution in [0.3, 0.4) is 0 Å². The average molecular weight is 353 g/mol. The molecule has 8 heteroatoms. The number of anilines is 1. The van der Waals surface area contributed by atoms with Crippen molar-refractivity contribution in [2.45, 2.75) is 6.04 Å². The summed E-state index contributed by atoms with van der Waals surface area (Å²) in [4.78, 5) is 25.6. The molecule has 0 spiro atoms. The molecule has 0 saturated heterocycles. The van der Waals surface area contributed by atoms with Crippen molar-refractivity contribution in [2.24, 2.45) is 0 Å². The van der Waals surface area contributed by atoms with Gasteiger partial charge in [0.15, 0.2) is 11.6 Å². The van der Waals surface area contributed by atoms with Crippen LogP contribution in [0.4, 0.5) is 14.5 Å². The molecular formula is C16H17F2N3O2S. The molecule has 1 aromatic heterocycles. The Morgan fingerprint density at radius 2 is 1.92 bits per heavy atom. The van der Waals surface area contributed by atoms with Gasteiger partial charge in [-0.05, 0) is 48.6 Å². The minimum atomic E-state index is -1.10. The minimum Gasteiger partial charge on any atom is -0.346 e. The van der Waals surface area contributed by atoms with E-state index in [9.17, 15) is 18.4 Å². The molecule has 0 aliphatic rings. The molecule has 2 N–H and O–H groups in total. The molecule has 5 nitrogen and oxygen atoms in total. The van der Waals surface area contributed by atoms with Crippen LogP contribution in [0.2, 0.25) is 0 Å². The van der Waals surface area contributed by atoms with E-state index in [1.54, 1.807) is 11.3 Å². The van der Waals surface area contributed by atoms with Gasteiger partial charge in [0, 0.05) is 18.3 Å². The Kier molecular flexibility index (Phi) is 5.99. The Morgan fingerprint density at radius 3 is 2.50 bits per heavy atom. The molecule has 0 fully saturated rings. The highest BCUT2D eigenvalue weighted by Gasteiger charge is 2.19. The summed E-state index contributed by atoms with van der Waals surface area (Å²) >= 11 is 1.55. The van der Waals surface area contributed by atoms with E-state index in [1.165, 1.54) is 6.07 Å². The second-order valence-electron chi connectivity index (χ2n) is 5.33. The first-order chi connectivity index (χ1) is 11.4. The number of carbonyl (C=O) groups excluding carboxylic acids is 2. The molecule has 2 aromatic rings. The second kappa shape index (κ2) is 7.98. The molecule has 0 bridgehead atoms. The number of nitrogens with zero attached hydrogens (tertiary/aromatic N) is 1. The maximum atomic E-state index is 13.1. The van der Waals surface area contributed by atoms with Crippen LogP contribution in [-0.2, 0) is 9.59 Å². The van der Waals surface area contributed by atoms with Crippen LogP contribution >= 0.6 is 11.3 Å². The highest BCUT2D eigenvalue weighted by molar-refractivity contribution is 7.07. The van der Waals surface area contributed by atoms with Gasteiger partial charge in [-0.2, -0.15) is 11.3 Å². The largest absolute Gasteiger partial charge is 0.346 e. The SMILES string of the molecule is CN(C)[C@H](CNC(=O)C(=O)Nc1ccc(F)c(F)c1)c1ccsc1. The number of halogens is 2. The molecular weight excluding hydrogens is 336 g/mol. The van der Waals surface area contributed by atoms with Gasteiger partial charge >= 0.3 is 11.8 Å². The first-order valence-corrected chi connectivity index (χ1v) is 8.05. The van der Waals surface area contributed by atoms with E-state index < -0.39 is 23.4 Å². The third kappa shape index (κ3) is 4.59. The van der Waals surface area contributed by atoms with E-state index in [0.29, 0.717) is 0 Å². The lowest BCUT2D eigenvalue weighted by Crippen LogP contribution is -2.40. The number of hydrogen-bond donors (Lipinski definition) is 2. The molecule has 24 heavy (non-hydrogen) atoms. The number of nitrogens with one attached hydrogen (secondary N) is 2. The topological polar surface area (TPSA) is 61.4 Å². The molecule has 0 unspecified atom stereocenters. The van der Waals surface area contributed by atoms with E-state index in [2.05, 4.69) is 10.6 Å². The van der Waals surface area contributed by atoms with Gasteiger partial charge in [0.2, 0.25) is 0 Å². The molecule has 2 rings (SSSR count). The number of hydrogen-bond acceptors (Lipinski definition) is 4. The van der Waals surface area contributed by atoms with Crippen molar-refractivity contribution in [1.29, 1.82) is 0 Å². The summed E-state index contributed by atoms with van der Waals surface area (Å²) in [6.45, 7) is 0.244. The van der Waals surface area contributed by atoms with Crippen molar-refractivity contribution < 1.29 is 18.4 Å². The van der Waals surface area contributed by atoms with Gasteiger partial charge in [0.1, 0.15) is 0 Å². The normalized spacial score (nSPS) is 12.0.